The number of hydrogen-bond acceptors (Lipinski definition) is 9. The van der Waals surface area contributed by atoms with E-state index in [9.17, 15) is 0 Å². The maximum atomic E-state index is 5.59. The Balaban J connectivity index is 0.000000103. The molecule has 11 heteroatoms. The first-order valence-corrected chi connectivity index (χ1v) is 55.0. The van der Waals surface area contributed by atoms with E-state index in [4.69, 9.17) is 4.42 Å². The molecule has 27 rings (SSSR count). The van der Waals surface area contributed by atoms with Crippen molar-refractivity contribution in [1.29, 1.82) is 0 Å². The number of oxazole rings is 1. The van der Waals surface area contributed by atoms with Crippen LogP contribution in [0.15, 0.2) is 538 Å². The molecule has 0 saturated carbocycles. The smallest absolute Gasteiger partial charge is 0.297 e. The molecule has 19 aromatic carbocycles. The minimum atomic E-state index is 0.0847. The summed E-state index contributed by atoms with van der Waals surface area (Å²) in [6.45, 7) is 6.88. The van der Waals surface area contributed by atoms with Gasteiger partial charge in [-0.05, 0) is 106 Å². The normalized spacial score (nSPS) is 11.2. The average Bonchev–Trinajstić information content (AvgIpc) is 1.60. The Morgan fingerprint density at radius 2 is 0.544 bits per heavy atom. The number of aryl methyl sites for hydroxylation is 1. The van der Waals surface area contributed by atoms with Gasteiger partial charge in [0.1, 0.15) is 28.5 Å². The predicted molar refractivity (Wildman–Crippen MR) is 641 cm³/mol. The Morgan fingerprint density at radius 1 is 0.242 bits per heavy atom. The Morgan fingerprint density at radius 3 is 0.933 bits per heavy atom. The molecule has 0 aliphatic heterocycles. The van der Waals surface area contributed by atoms with Crippen molar-refractivity contribution >= 4 is 122 Å². The minimum Gasteiger partial charge on any atom is -0.444 e. The Bertz CT molecular complexity index is 9020. The second-order valence-electron chi connectivity index (χ2n) is 37.5. The summed E-state index contributed by atoms with van der Waals surface area (Å²) in [5, 5.41) is 16.0. The molecule has 0 radical (unpaired) electrons. The van der Waals surface area contributed by atoms with E-state index >= 15 is 0 Å². The van der Waals surface area contributed by atoms with Gasteiger partial charge in [-0.2, -0.15) is 0 Å². The minimum absolute atomic E-state index is 0.0847. The van der Waals surface area contributed by atoms with Crippen molar-refractivity contribution in [2.75, 3.05) is 0 Å². The van der Waals surface area contributed by atoms with Crippen molar-refractivity contribution in [3.05, 3.63) is 539 Å². The van der Waals surface area contributed by atoms with Gasteiger partial charge in [0.05, 0.1) is 23.0 Å². The summed E-state index contributed by atoms with van der Waals surface area (Å²) in [5.74, 6) is 1.81. The van der Waals surface area contributed by atoms with Gasteiger partial charge in [0.2, 0.25) is 5.89 Å². The third-order valence-electron chi connectivity index (χ3n) is 27.2. The summed E-state index contributed by atoms with van der Waals surface area (Å²) in [6.07, 6.45) is 9.25. The van der Waals surface area contributed by atoms with Gasteiger partial charge in [-0.3, -0.25) is 0 Å². The fourth-order valence-corrected chi connectivity index (χ4v) is 27.4. The van der Waals surface area contributed by atoms with Gasteiger partial charge in [-0.25, -0.2) is 19.5 Å². The molecule has 149 heavy (non-hydrogen) atoms. The van der Waals surface area contributed by atoms with Gasteiger partial charge in [0.25, 0.3) is 5.82 Å². The summed E-state index contributed by atoms with van der Waals surface area (Å²) in [7, 11) is 2.08. The van der Waals surface area contributed by atoms with Crippen LogP contribution in [0.1, 0.15) is 26.3 Å². The summed E-state index contributed by atoms with van der Waals surface area (Å²) in [5.41, 5.74) is 27.9. The van der Waals surface area contributed by atoms with Crippen LogP contribution in [-0.4, -0.2) is 15.0 Å². The fourth-order valence-electron chi connectivity index (χ4n) is 20.0. The van der Waals surface area contributed by atoms with Crippen LogP contribution in [0, 0.1) is 0 Å². The molecule has 0 saturated heterocycles. The largest absolute Gasteiger partial charge is 0.444 e. The molecule has 0 unspecified atom stereocenters. The van der Waals surface area contributed by atoms with Crippen LogP contribution in [-0.2, 0) is 12.5 Å². The van der Waals surface area contributed by atoms with Gasteiger partial charge >= 0.3 is 0 Å². The zero-order chi connectivity index (χ0) is 100. The first kappa shape index (κ1) is 95.5. The molecule has 5 nitrogen and oxygen atoms in total. The number of aromatic nitrogens is 4. The van der Waals surface area contributed by atoms with Crippen LogP contribution in [0.3, 0.4) is 0 Å². The number of nitrogens with zero attached hydrogens (tertiary/aromatic N) is 3. The van der Waals surface area contributed by atoms with Crippen molar-refractivity contribution in [3.8, 4) is 182 Å². The lowest BCUT2D eigenvalue weighted by molar-refractivity contribution is -0.658. The highest BCUT2D eigenvalue weighted by Gasteiger charge is 2.29. The monoisotopic (exact) mass is 2020 g/mol. The topological polar surface area (TPSA) is 58.6 Å². The van der Waals surface area contributed by atoms with Gasteiger partial charge in [-0.15, -0.1) is 68.0 Å². The lowest BCUT2D eigenvalue weighted by atomic mass is 9.85. The summed E-state index contributed by atoms with van der Waals surface area (Å²) in [4.78, 5) is 25.1. The third-order valence-corrected chi connectivity index (χ3v) is 34.4. The van der Waals surface area contributed by atoms with Crippen LogP contribution in [0.25, 0.3) is 236 Å². The van der Waals surface area contributed by atoms with Gasteiger partial charge in [0.15, 0.2) is 0 Å². The Kier molecular flexibility index (Phi) is 28.1. The summed E-state index contributed by atoms with van der Waals surface area (Å²) >= 11 is 10.9. The molecule has 8 aromatic heterocycles. The van der Waals surface area contributed by atoms with E-state index in [1.807, 2.05) is 69.2 Å². The lowest BCUT2D eigenvalue weighted by Gasteiger charge is -2.19. The average molecular weight is 2020 g/mol. The number of H-pyrrole nitrogens is 1. The number of nitrogens with one attached hydrogen (secondary N) is 1. The van der Waals surface area contributed by atoms with E-state index in [1.165, 1.54) is 220 Å². The summed E-state index contributed by atoms with van der Waals surface area (Å²) in [6, 6.07) is 178. The molecule has 0 aliphatic rings. The SMILES string of the molecule is CC(C)(C)c1ccc2c(-c3c(-c4ccccc4)cccc3-c3ccccc3)sc(-c3ccccc3)c2c1.C[n+]1cc[nH]c1-c1sc(-c2ccccc2-c2ccccc2)c2ccccc12.c1ccc(-c2ccccc2-c2sc(-c3ccccc3)c3c(-c4ccccc4)cccc23)cc1.c1ccc(-c2ccccc2-c2sc(-c3ncco3)c3ccccc23)cc1.c1ccc(-c2ccccc2-c2sc(-c3nccs3)c3ccccc23)cc1. The molecule has 0 atom stereocenters. The van der Waals surface area contributed by atoms with Crippen molar-refractivity contribution in [2.24, 2.45) is 7.05 Å². The van der Waals surface area contributed by atoms with Gasteiger partial charge in [0, 0.05) is 127 Å². The number of imidazole rings is 1. The van der Waals surface area contributed by atoms with Crippen molar-refractivity contribution < 1.29 is 8.98 Å². The van der Waals surface area contributed by atoms with E-state index in [-0.39, 0.29) is 5.41 Å². The third kappa shape index (κ3) is 19.9. The van der Waals surface area contributed by atoms with Crippen LogP contribution in [0.2, 0.25) is 0 Å². The lowest BCUT2D eigenvalue weighted by Crippen LogP contribution is -2.27. The van der Waals surface area contributed by atoms with E-state index in [0.29, 0.717) is 5.89 Å². The van der Waals surface area contributed by atoms with E-state index < -0.39 is 0 Å². The molecule has 0 spiro atoms. The quantitative estimate of drug-likeness (QED) is 0.0925. The molecule has 27 aromatic rings. The highest BCUT2D eigenvalue weighted by atomic mass is 32.1. The molecule has 0 bridgehead atoms. The highest BCUT2D eigenvalue weighted by Crippen LogP contribution is 2.56. The number of hydrogen-bond donors (Lipinski definition) is 1. The first-order chi connectivity index (χ1) is 73.6. The van der Waals surface area contributed by atoms with Crippen molar-refractivity contribution in [2.45, 2.75) is 26.2 Å². The maximum Gasteiger partial charge on any atom is 0.297 e. The first-order valence-electron chi connectivity index (χ1n) is 50.1. The molecular weight excluding hydrogens is 1920 g/mol. The number of thiazole rings is 1. The number of rotatable bonds is 17. The fraction of sp³-hybridized carbons (Fsp3) is 0.0362. The highest BCUT2D eigenvalue weighted by molar-refractivity contribution is 7.25. The van der Waals surface area contributed by atoms with Gasteiger partial charge < -0.3 is 4.42 Å². The number of benzene rings is 19. The van der Waals surface area contributed by atoms with Gasteiger partial charge in [-0.1, -0.05) is 512 Å². The van der Waals surface area contributed by atoms with Crippen molar-refractivity contribution in [3.63, 3.8) is 0 Å². The molecule has 714 valence electrons. The zero-order valence-electron chi connectivity index (χ0n) is 82.5. The predicted octanol–water partition coefficient (Wildman–Crippen LogP) is 40.7. The van der Waals surface area contributed by atoms with Crippen molar-refractivity contribution in [1.82, 2.24) is 15.0 Å². The number of aromatic amines is 1. The second kappa shape index (κ2) is 43.7. The van der Waals surface area contributed by atoms with E-state index in [1.54, 1.807) is 35.1 Å². The van der Waals surface area contributed by atoms with Crippen LogP contribution in [0.5, 0.6) is 0 Å². The Hall–Kier alpha value is -17.0. The molecule has 0 aliphatic carbocycles. The van der Waals surface area contributed by atoms with Crippen LogP contribution in [0.4, 0.5) is 0 Å². The van der Waals surface area contributed by atoms with E-state index in [2.05, 4.69) is 545 Å². The zero-order valence-corrected chi connectivity index (χ0v) is 87.4. The molecule has 0 amide bonds. The molecule has 8 heterocycles. The maximum absolute atomic E-state index is 5.59. The second-order valence-corrected chi connectivity index (χ2v) is 43.5. The standard InChI is InChI=1S/C36H30S.C32H22S.C24H18N2S.C23H15NOS.C23H15NS2/c1-36(2,3)28-22-23-31-32(24-28)34(27-18-11-6-12-19-27)37-35(31)33-29(25-14-7-4-8-15-25)20-13-21-30(33)26-16-9-5-10-17-26;1-4-13-23(14-5-1)26-19-10-11-20-28(26)32-29-22-12-21-27(24-15-6-2-7-16-24)30(29)31(33-32)25-17-8-3-9-18-25;1-26-16-15-25-24(26)23-21-14-8-7-13-20(21)22(27-23)19-12-6-5-11-18(19)17-9-3-2-4-10-17;2*1-2-8-16(9-3-1)17-10-4-5-11-18(17)21-19-12-6-7-13-20(19)22(26-21)23-24-14-15-25-23/h4-24H,1-3H3;1-22H;2-16H,1H3;2*1-15H/p+1. The Labute approximate surface area is 893 Å². The summed E-state index contributed by atoms with van der Waals surface area (Å²) < 4.78 is 7.74. The number of fused-ring (bicyclic) bond motifs is 5. The molecule has 1 N–H and O–H groups in total. The van der Waals surface area contributed by atoms with Crippen LogP contribution < -0.4 is 4.57 Å². The number of thiophene rings is 5. The molecular formula is C138H101N4OS6+. The van der Waals surface area contributed by atoms with E-state index in [0.717, 1.165) is 15.7 Å². The molecule has 0 fully saturated rings. The van der Waals surface area contributed by atoms with Crippen LogP contribution >= 0.6 is 68.0 Å².